The first kappa shape index (κ1) is 23.4. The minimum absolute atomic E-state index is 0.0129. The van der Waals surface area contributed by atoms with E-state index in [9.17, 15) is 24.6 Å². The summed E-state index contributed by atoms with van der Waals surface area (Å²) in [5.41, 5.74) is -2.19. The largest absolute Gasteiger partial charge is 0.410 e. The fourth-order valence-electron chi connectivity index (χ4n) is 6.97. The van der Waals surface area contributed by atoms with E-state index in [4.69, 9.17) is 14.2 Å². The molecule has 3 saturated carbocycles. The fraction of sp³-hybridized carbons (Fsp3) is 0.708. The summed E-state index contributed by atoms with van der Waals surface area (Å²) in [7, 11) is 2.32. The van der Waals surface area contributed by atoms with E-state index in [0.29, 0.717) is 6.42 Å². The molecular formula is C24H32O8. The third kappa shape index (κ3) is 3.19. The molecule has 4 rings (SSSR count). The van der Waals surface area contributed by atoms with E-state index in [1.54, 1.807) is 12.2 Å². The van der Waals surface area contributed by atoms with E-state index in [0.717, 1.165) is 32.6 Å². The Balaban J connectivity index is 1.61. The van der Waals surface area contributed by atoms with Gasteiger partial charge in [0.1, 0.15) is 18.0 Å². The van der Waals surface area contributed by atoms with Crippen LogP contribution < -0.4 is 0 Å². The van der Waals surface area contributed by atoms with E-state index in [-0.39, 0.29) is 42.2 Å². The van der Waals surface area contributed by atoms with Gasteiger partial charge in [-0.1, -0.05) is 25.5 Å². The summed E-state index contributed by atoms with van der Waals surface area (Å²) in [6.07, 6.45) is 5.07. The number of hydrogen-bond donors (Lipinski definition) is 2. The number of carbonyl (C=O) groups is 3. The molecule has 8 heteroatoms. The highest BCUT2D eigenvalue weighted by atomic mass is 17.0. The summed E-state index contributed by atoms with van der Waals surface area (Å²) in [6.45, 7) is 3.23. The molecule has 32 heavy (non-hydrogen) atoms. The van der Waals surface area contributed by atoms with E-state index in [1.807, 2.05) is 19.9 Å². The van der Waals surface area contributed by atoms with E-state index in [2.05, 4.69) is 0 Å². The number of hydrogen-bond acceptors (Lipinski definition) is 8. The molecule has 6 atom stereocenters. The van der Waals surface area contributed by atoms with Gasteiger partial charge in [-0.3, -0.25) is 19.1 Å². The number of allylic oxidation sites excluding steroid dienone is 4. The predicted octanol–water partition coefficient (Wildman–Crippen LogP) is 1.69. The maximum absolute atomic E-state index is 13.6. The molecule has 0 aromatic rings. The van der Waals surface area contributed by atoms with Crippen molar-refractivity contribution < 1.29 is 38.8 Å². The van der Waals surface area contributed by atoms with Crippen LogP contribution in [0.1, 0.15) is 46.0 Å². The normalized spacial score (nSPS) is 41.1. The molecule has 0 saturated heterocycles. The monoisotopic (exact) mass is 448 g/mol. The van der Waals surface area contributed by atoms with Crippen LogP contribution in [0.2, 0.25) is 0 Å². The van der Waals surface area contributed by atoms with Crippen molar-refractivity contribution in [1.82, 2.24) is 0 Å². The van der Waals surface area contributed by atoms with Crippen LogP contribution in [-0.4, -0.2) is 60.1 Å². The molecule has 0 amide bonds. The smallest absolute Gasteiger partial charge is 0.381 e. The molecular weight excluding hydrogens is 416 g/mol. The summed E-state index contributed by atoms with van der Waals surface area (Å²) in [5, 5.41) is 21.5. The van der Waals surface area contributed by atoms with E-state index >= 15 is 0 Å². The molecule has 0 bridgehead atoms. The SMILES string of the molecule is COC(O)(OC)OCC(=O)[C@@]1(O)CC[C@H]2[C@@H]3CCC4=CC(=O)C=C[C@]4(C)[C@H]3C(=O)C[C@@]21C. The Hall–Kier alpha value is -1.71. The molecule has 0 radical (unpaired) electrons. The van der Waals surface area contributed by atoms with Crippen LogP contribution in [0, 0.1) is 28.6 Å². The van der Waals surface area contributed by atoms with Crippen molar-refractivity contribution in [3.8, 4) is 0 Å². The van der Waals surface area contributed by atoms with Gasteiger partial charge in [0.05, 0.1) is 0 Å². The van der Waals surface area contributed by atoms with Gasteiger partial charge in [0.2, 0.25) is 0 Å². The fourth-order valence-corrected chi connectivity index (χ4v) is 6.97. The zero-order chi connectivity index (χ0) is 23.5. The molecule has 0 aliphatic heterocycles. The van der Waals surface area contributed by atoms with Crippen molar-refractivity contribution in [1.29, 1.82) is 0 Å². The van der Waals surface area contributed by atoms with Gasteiger partial charge >= 0.3 is 6.16 Å². The second-order valence-corrected chi connectivity index (χ2v) is 10.1. The van der Waals surface area contributed by atoms with Crippen molar-refractivity contribution in [2.45, 2.75) is 57.7 Å². The van der Waals surface area contributed by atoms with Crippen molar-refractivity contribution in [2.24, 2.45) is 28.6 Å². The number of fused-ring (bicyclic) bond motifs is 5. The number of carbonyl (C=O) groups excluding carboxylic acids is 3. The minimum atomic E-state index is -2.39. The topological polar surface area (TPSA) is 119 Å². The van der Waals surface area contributed by atoms with Gasteiger partial charge < -0.3 is 19.7 Å². The van der Waals surface area contributed by atoms with Crippen LogP contribution >= 0.6 is 0 Å². The minimum Gasteiger partial charge on any atom is -0.381 e. The molecule has 4 aliphatic rings. The number of ether oxygens (including phenoxy) is 3. The number of ketones is 3. The van der Waals surface area contributed by atoms with Crippen LogP contribution in [0.25, 0.3) is 0 Å². The third-order valence-corrected chi connectivity index (χ3v) is 8.77. The lowest BCUT2D eigenvalue weighted by molar-refractivity contribution is -0.469. The molecule has 176 valence electrons. The van der Waals surface area contributed by atoms with Gasteiger partial charge in [0.15, 0.2) is 11.6 Å². The van der Waals surface area contributed by atoms with Gasteiger partial charge in [-0.15, -0.1) is 0 Å². The van der Waals surface area contributed by atoms with Gasteiger partial charge in [-0.2, -0.15) is 0 Å². The Morgan fingerprint density at radius 1 is 1.22 bits per heavy atom. The molecule has 0 spiro atoms. The first-order chi connectivity index (χ1) is 14.9. The Labute approximate surface area is 187 Å². The summed E-state index contributed by atoms with van der Waals surface area (Å²) >= 11 is 0. The standard InChI is InChI=1S/C24H32O8/c1-21-9-7-15(25)11-14(21)5-6-16-17-8-10-23(28,22(17,2)12-18(26)20(16)21)19(27)13-32-24(29,30-3)31-4/h7,9,11,16-17,20,28-29H,5-6,8,10,12-13H2,1-4H3/t16-,17-,20+,21-,22-,23-/m0/s1. The molecule has 2 N–H and O–H groups in total. The first-order valence-electron chi connectivity index (χ1n) is 11.1. The second kappa shape index (κ2) is 7.67. The molecule has 0 unspecified atom stereocenters. The molecule has 0 heterocycles. The zero-order valence-electron chi connectivity index (χ0n) is 19.1. The van der Waals surface area contributed by atoms with Crippen LogP contribution in [0.5, 0.6) is 0 Å². The Bertz CT molecular complexity index is 902. The van der Waals surface area contributed by atoms with E-state index in [1.165, 1.54) is 0 Å². The number of aliphatic hydroxyl groups is 2. The summed E-state index contributed by atoms with van der Waals surface area (Å²) in [5.74, 6) is -0.916. The lowest BCUT2D eigenvalue weighted by Crippen LogP contribution is -2.61. The average Bonchev–Trinajstić information content (AvgIpc) is 3.03. The van der Waals surface area contributed by atoms with Crippen molar-refractivity contribution >= 4 is 17.3 Å². The molecule has 0 aromatic carbocycles. The van der Waals surface area contributed by atoms with Crippen LogP contribution in [-0.2, 0) is 28.6 Å². The molecule has 0 aromatic heterocycles. The molecule has 4 aliphatic carbocycles. The average molecular weight is 449 g/mol. The van der Waals surface area contributed by atoms with Gasteiger partial charge in [-0.25, -0.2) is 0 Å². The summed E-state index contributed by atoms with van der Waals surface area (Å²) in [4.78, 5) is 38.6. The lowest BCUT2D eigenvalue weighted by atomic mass is 9.46. The highest BCUT2D eigenvalue weighted by molar-refractivity contribution is 6.02. The number of methoxy groups -OCH3 is 2. The maximum atomic E-state index is 13.6. The Morgan fingerprint density at radius 3 is 2.56 bits per heavy atom. The van der Waals surface area contributed by atoms with Gasteiger partial charge in [-0.05, 0) is 49.7 Å². The summed E-state index contributed by atoms with van der Waals surface area (Å²) in [6, 6.07) is 0. The zero-order valence-corrected chi connectivity index (χ0v) is 19.1. The highest BCUT2D eigenvalue weighted by Gasteiger charge is 2.68. The molecule has 3 fully saturated rings. The number of rotatable bonds is 6. The van der Waals surface area contributed by atoms with Crippen molar-refractivity contribution in [3.63, 3.8) is 0 Å². The van der Waals surface area contributed by atoms with Gasteiger partial charge in [0.25, 0.3) is 0 Å². The maximum Gasteiger partial charge on any atom is 0.410 e. The van der Waals surface area contributed by atoms with E-state index < -0.39 is 35.0 Å². The Morgan fingerprint density at radius 2 is 1.91 bits per heavy atom. The quantitative estimate of drug-likeness (QED) is 0.589. The number of Topliss-reactive ketones (excluding diaryl/α,β-unsaturated/α-hetero) is 2. The van der Waals surface area contributed by atoms with Gasteiger partial charge in [0, 0.05) is 37.4 Å². The third-order valence-electron chi connectivity index (χ3n) is 8.77. The van der Waals surface area contributed by atoms with Crippen LogP contribution in [0.4, 0.5) is 0 Å². The molecule has 8 nitrogen and oxygen atoms in total. The Kier molecular flexibility index (Phi) is 5.62. The van der Waals surface area contributed by atoms with Crippen molar-refractivity contribution in [2.75, 3.05) is 20.8 Å². The predicted molar refractivity (Wildman–Crippen MR) is 112 cm³/mol. The second-order valence-electron chi connectivity index (χ2n) is 10.1. The van der Waals surface area contributed by atoms with Crippen LogP contribution in [0.15, 0.2) is 23.8 Å². The van der Waals surface area contributed by atoms with Crippen molar-refractivity contribution in [3.05, 3.63) is 23.8 Å². The first-order valence-corrected chi connectivity index (χ1v) is 11.1. The summed E-state index contributed by atoms with van der Waals surface area (Å²) < 4.78 is 14.5. The highest BCUT2D eigenvalue weighted by Crippen LogP contribution is 2.66. The van der Waals surface area contributed by atoms with Crippen LogP contribution in [0.3, 0.4) is 0 Å². The lowest BCUT2D eigenvalue weighted by Gasteiger charge is -2.56.